The third-order valence-corrected chi connectivity index (χ3v) is 7.87. The van der Waals surface area contributed by atoms with E-state index in [9.17, 15) is 18.0 Å². The third-order valence-electron chi connectivity index (χ3n) is 5.40. The summed E-state index contributed by atoms with van der Waals surface area (Å²) in [6, 6.07) is 3.32. The van der Waals surface area contributed by atoms with E-state index in [0.717, 1.165) is 17.7 Å². The first-order valence-electron chi connectivity index (χ1n) is 9.24. The summed E-state index contributed by atoms with van der Waals surface area (Å²) in [6.45, 7) is 5.54. The SMILES string of the molecule is CC(=O)Nc1nc(C)c(-c2cc3c(c(S(=O)(=O)Cl)c2)C(=O)N(C(C)C2CC2)C3)s1. The highest BCUT2D eigenvalue weighted by atomic mass is 35.7. The first kappa shape index (κ1) is 20.3. The molecule has 1 aliphatic heterocycles. The first-order valence-corrected chi connectivity index (χ1v) is 12.4. The van der Waals surface area contributed by atoms with Crippen molar-refractivity contribution in [3.8, 4) is 10.4 Å². The topological polar surface area (TPSA) is 96.4 Å². The lowest BCUT2D eigenvalue weighted by Crippen LogP contribution is -2.34. The van der Waals surface area contributed by atoms with Gasteiger partial charge in [0.2, 0.25) is 5.91 Å². The van der Waals surface area contributed by atoms with Crippen LogP contribution in [0.3, 0.4) is 0 Å². The Balaban J connectivity index is 1.82. The second kappa shape index (κ2) is 7.07. The van der Waals surface area contributed by atoms with Crippen molar-refractivity contribution in [1.29, 1.82) is 0 Å². The van der Waals surface area contributed by atoms with Crippen LogP contribution >= 0.6 is 22.0 Å². The molecule has 10 heteroatoms. The molecular weight excluding hydrogens is 434 g/mol. The van der Waals surface area contributed by atoms with Crippen molar-refractivity contribution in [3.05, 3.63) is 29.0 Å². The fourth-order valence-corrected chi connectivity index (χ4v) is 5.89. The number of nitrogens with one attached hydrogen (secondary N) is 1. The predicted octanol–water partition coefficient (Wildman–Crippen LogP) is 3.76. The van der Waals surface area contributed by atoms with Crippen LogP contribution in [0.1, 0.15) is 48.3 Å². The van der Waals surface area contributed by atoms with Gasteiger partial charge in [0.25, 0.3) is 15.0 Å². The zero-order valence-corrected chi connectivity index (χ0v) is 18.5. The third kappa shape index (κ3) is 3.78. The molecule has 1 saturated carbocycles. The molecule has 2 aromatic rings. The van der Waals surface area contributed by atoms with E-state index in [1.54, 1.807) is 11.8 Å². The van der Waals surface area contributed by atoms with E-state index in [4.69, 9.17) is 10.7 Å². The average Bonchev–Trinajstić information content (AvgIpc) is 3.33. The highest BCUT2D eigenvalue weighted by Gasteiger charge is 2.41. The fraction of sp³-hybridized carbons (Fsp3) is 0.421. The van der Waals surface area contributed by atoms with E-state index in [2.05, 4.69) is 10.3 Å². The van der Waals surface area contributed by atoms with Crippen molar-refractivity contribution >= 4 is 48.0 Å². The molecule has 1 N–H and O–H groups in total. The number of thiazole rings is 1. The summed E-state index contributed by atoms with van der Waals surface area (Å²) in [5, 5.41) is 3.07. The summed E-state index contributed by atoms with van der Waals surface area (Å²) >= 11 is 1.25. The minimum Gasteiger partial charge on any atom is -0.331 e. The molecule has 1 fully saturated rings. The van der Waals surface area contributed by atoms with E-state index in [0.29, 0.717) is 34.4 Å². The summed E-state index contributed by atoms with van der Waals surface area (Å²) < 4.78 is 24.6. The number of hydrogen-bond donors (Lipinski definition) is 1. The van der Waals surface area contributed by atoms with Gasteiger partial charge in [-0.25, -0.2) is 13.4 Å². The molecule has 4 rings (SSSR count). The molecule has 29 heavy (non-hydrogen) atoms. The highest BCUT2D eigenvalue weighted by molar-refractivity contribution is 8.13. The molecule has 0 saturated heterocycles. The number of amides is 2. The summed E-state index contributed by atoms with van der Waals surface area (Å²) in [5.74, 6) is -0.0588. The van der Waals surface area contributed by atoms with Crippen LogP contribution in [0, 0.1) is 12.8 Å². The van der Waals surface area contributed by atoms with Crippen molar-refractivity contribution in [2.45, 2.75) is 51.1 Å². The molecule has 2 aliphatic rings. The summed E-state index contributed by atoms with van der Waals surface area (Å²) in [7, 11) is 1.58. The van der Waals surface area contributed by atoms with Crippen LogP contribution in [0.25, 0.3) is 10.4 Å². The first-order chi connectivity index (χ1) is 13.6. The van der Waals surface area contributed by atoms with Crippen molar-refractivity contribution in [3.63, 3.8) is 0 Å². The number of halogens is 1. The molecular formula is C19H20ClN3O4S2. The van der Waals surface area contributed by atoms with Gasteiger partial charge in [0, 0.05) is 30.2 Å². The van der Waals surface area contributed by atoms with Gasteiger partial charge in [-0.15, -0.1) is 0 Å². The number of carbonyl (C=O) groups excluding carboxylic acids is 2. The smallest absolute Gasteiger partial charge is 0.262 e. The van der Waals surface area contributed by atoms with E-state index in [1.165, 1.54) is 24.3 Å². The molecule has 0 spiro atoms. The van der Waals surface area contributed by atoms with E-state index in [-0.39, 0.29) is 28.3 Å². The lowest BCUT2D eigenvalue weighted by atomic mass is 10.0. The molecule has 1 aromatic carbocycles. The predicted molar refractivity (Wildman–Crippen MR) is 112 cm³/mol. The van der Waals surface area contributed by atoms with E-state index < -0.39 is 9.05 Å². The standard InChI is InChI=1S/C19H20ClN3O4S2/c1-9-17(28-19(21-9)22-11(3)24)13-6-14-8-23(10(2)12-4-5-12)18(25)16(14)15(7-13)29(20,26)27/h6-7,10,12H,4-5,8H2,1-3H3,(H,21,22,24). The number of nitrogens with zero attached hydrogens (tertiary/aromatic N) is 2. The number of aromatic nitrogens is 1. The van der Waals surface area contributed by atoms with E-state index >= 15 is 0 Å². The second-order valence-electron chi connectivity index (χ2n) is 7.57. The number of aryl methyl sites for hydroxylation is 1. The Morgan fingerprint density at radius 1 is 1.38 bits per heavy atom. The van der Waals surface area contributed by atoms with Crippen LogP contribution < -0.4 is 5.32 Å². The second-order valence-corrected chi connectivity index (χ2v) is 11.1. The summed E-state index contributed by atoms with van der Waals surface area (Å²) in [6.07, 6.45) is 2.17. The van der Waals surface area contributed by atoms with E-state index in [1.807, 2.05) is 13.0 Å². The molecule has 1 aromatic heterocycles. The van der Waals surface area contributed by atoms with Gasteiger partial charge < -0.3 is 10.2 Å². The normalized spacial score (nSPS) is 17.4. The Morgan fingerprint density at radius 3 is 2.66 bits per heavy atom. The number of anilines is 1. The molecule has 1 atom stereocenters. The Kier molecular flexibility index (Phi) is 4.95. The molecule has 2 heterocycles. The van der Waals surface area contributed by atoms with Gasteiger partial charge in [-0.1, -0.05) is 11.3 Å². The monoisotopic (exact) mass is 453 g/mol. The maximum atomic E-state index is 13.0. The van der Waals surface area contributed by atoms with Crippen molar-refractivity contribution < 1.29 is 18.0 Å². The van der Waals surface area contributed by atoms with Crippen LogP contribution in [0.15, 0.2) is 17.0 Å². The van der Waals surface area contributed by atoms with Crippen LogP contribution in [-0.4, -0.2) is 36.2 Å². The maximum Gasteiger partial charge on any atom is 0.262 e. The number of fused-ring (bicyclic) bond motifs is 1. The molecule has 0 radical (unpaired) electrons. The molecule has 154 valence electrons. The van der Waals surface area contributed by atoms with Gasteiger partial charge in [-0.2, -0.15) is 0 Å². The number of rotatable bonds is 5. The van der Waals surface area contributed by atoms with Gasteiger partial charge in [-0.3, -0.25) is 9.59 Å². The summed E-state index contributed by atoms with van der Waals surface area (Å²) in [4.78, 5) is 31.0. The zero-order chi connectivity index (χ0) is 21.1. The fourth-order valence-electron chi connectivity index (χ4n) is 3.79. The molecule has 1 aliphatic carbocycles. The van der Waals surface area contributed by atoms with Crippen LogP contribution in [0.5, 0.6) is 0 Å². The van der Waals surface area contributed by atoms with Gasteiger partial charge in [0.1, 0.15) is 0 Å². The molecule has 2 amide bonds. The molecule has 0 bridgehead atoms. The highest BCUT2D eigenvalue weighted by Crippen LogP contribution is 2.42. The van der Waals surface area contributed by atoms with Gasteiger partial charge in [0.15, 0.2) is 5.13 Å². The quantitative estimate of drug-likeness (QED) is 0.695. The molecule has 7 nitrogen and oxygen atoms in total. The zero-order valence-electron chi connectivity index (χ0n) is 16.2. The van der Waals surface area contributed by atoms with Gasteiger partial charge in [-0.05, 0) is 55.9 Å². The van der Waals surface area contributed by atoms with Crippen LogP contribution in [0.4, 0.5) is 5.13 Å². The maximum absolute atomic E-state index is 13.0. The summed E-state index contributed by atoms with van der Waals surface area (Å²) in [5.41, 5.74) is 2.08. The van der Waals surface area contributed by atoms with Gasteiger partial charge in [0.05, 0.1) is 21.0 Å². The van der Waals surface area contributed by atoms with Crippen LogP contribution in [-0.2, 0) is 20.4 Å². The Hall–Kier alpha value is -1.97. The minimum absolute atomic E-state index is 0.0562. The lowest BCUT2D eigenvalue weighted by Gasteiger charge is -2.24. The average molecular weight is 454 g/mol. The largest absolute Gasteiger partial charge is 0.331 e. The van der Waals surface area contributed by atoms with Gasteiger partial charge >= 0.3 is 0 Å². The van der Waals surface area contributed by atoms with Crippen LogP contribution in [0.2, 0.25) is 0 Å². The van der Waals surface area contributed by atoms with Crippen molar-refractivity contribution in [2.24, 2.45) is 5.92 Å². The lowest BCUT2D eigenvalue weighted by molar-refractivity contribution is -0.114. The molecule has 1 unspecified atom stereocenters. The minimum atomic E-state index is -4.13. The Labute approximate surface area is 177 Å². The number of benzene rings is 1. The van der Waals surface area contributed by atoms with Crippen molar-refractivity contribution in [1.82, 2.24) is 9.88 Å². The Morgan fingerprint density at radius 2 is 2.07 bits per heavy atom. The van der Waals surface area contributed by atoms with Crippen molar-refractivity contribution in [2.75, 3.05) is 5.32 Å². The number of carbonyl (C=O) groups is 2. The Bertz CT molecular complexity index is 1140. The number of hydrogen-bond acceptors (Lipinski definition) is 6.